The lowest BCUT2D eigenvalue weighted by molar-refractivity contribution is 0.0178. The first-order valence-corrected chi connectivity index (χ1v) is 6.00. The molecular formula is C13H19FN2O. The van der Waals surface area contributed by atoms with Crippen LogP contribution in [-0.4, -0.2) is 37.7 Å². The maximum absolute atomic E-state index is 13.2. The third kappa shape index (κ3) is 2.83. The Morgan fingerprint density at radius 3 is 2.71 bits per heavy atom. The van der Waals surface area contributed by atoms with Crippen LogP contribution in [0.5, 0.6) is 0 Å². The first kappa shape index (κ1) is 12.5. The van der Waals surface area contributed by atoms with Crippen molar-refractivity contribution in [3.8, 4) is 0 Å². The molecule has 1 heterocycles. The summed E-state index contributed by atoms with van der Waals surface area (Å²) in [5.74, 6) is -0.161. The largest absolute Gasteiger partial charge is 0.379 e. The first-order chi connectivity index (χ1) is 8.22. The van der Waals surface area contributed by atoms with E-state index in [-0.39, 0.29) is 11.9 Å². The van der Waals surface area contributed by atoms with E-state index in [9.17, 15) is 4.39 Å². The highest BCUT2D eigenvalue weighted by molar-refractivity contribution is 5.27. The molecule has 17 heavy (non-hydrogen) atoms. The zero-order valence-electron chi connectivity index (χ0n) is 10.2. The minimum absolute atomic E-state index is 0.161. The van der Waals surface area contributed by atoms with Crippen LogP contribution in [0, 0.1) is 12.7 Å². The molecule has 4 heteroatoms. The van der Waals surface area contributed by atoms with Crippen molar-refractivity contribution in [3.05, 3.63) is 35.1 Å². The normalized spacial score (nSPS) is 19.2. The highest BCUT2D eigenvalue weighted by atomic mass is 19.1. The summed E-state index contributed by atoms with van der Waals surface area (Å²) in [5.41, 5.74) is 7.61. The van der Waals surface area contributed by atoms with Crippen molar-refractivity contribution < 1.29 is 9.13 Å². The van der Waals surface area contributed by atoms with Gasteiger partial charge in [0, 0.05) is 25.7 Å². The van der Waals surface area contributed by atoms with Gasteiger partial charge < -0.3 is 10.5 Å². The summed E-state index contributed by atoms with van der Waals surface area (Å²) in [6.07, 6.45) is 0. The van der Waals surface area contributed by atoms with E-state index in [0.717, 1.165) is 31.9 Å². The maximum atomic E-state index is 13.2. The van der Waals surface area contributed by atoms with Gasteiger partial charge in [-0.15, -0.1) is 0 Å². The monoisotopic (exact) mass is 238 g/mol. The van der Waals surface area contributed by atoms with Gasteiger partial charge in [0.25, 0.3) is 0 Å². The molecule has 0 amide bonds. The highest BCUT2D eigenvalue weighted by Gasteiger charge is 2.21. The summed E-state index contributed by atoms with van der Waals surface area (Å²) in [6, 6.07) is 5.41. The second-order valence-electron chi connectivity index (χ2n) is 4.41. The molecule has 1 saturated heterocycles. The van der Waals surface area contributed by atoms with Crippen molar-refractivity contribution in [1.29, 1.82) is 0 Å². The highest BCUT2D eigenvalue weighted by Crippen LogP contribution is 2.22. The number of nitrogens with zero attached hydrogens (tertiary/aromatic N) is 1. The van der Waals surface area contributed by atoms with Crippen LogP contribution in [0.3, 0.4) is 0 Å². The molecule has 1 aromatic carbocycles. The second kappa shape index (κ2) is 5.58. The molecule has 0 saturated carbocycles. The van der Waals surface area contributed by atoms with Gasteiger partial charge >= 0.3 is 0 Å². The average molecular weight is 238 g/mol. The fourth-order valence-corrected chi connectivity index (χ4v) is 2.26. The number of hydrogen-bond donors (Lipinski definition) is 1. The number of nitrogens with two attached hydrogens (primary N) is 1. The Hall–Kier alpha value is -0.970. The molecule has 3 nitrogen and oxygen atoms in total. The number of aryl methyl sites for hydroxylation is 1. The number of halogens is 1. The van der Waals surface area contributed by atoms with Crippen molar-refractivity contribution in [2.75, 3.05) is 32.8 Å². The summed E-state index contributed by atoms with van der Waals surface area (Å²) in [6.45, 7) is 5.60. The van der Waals surface area contributed by atoms with Crippen LogP contribution >= 0.6 is 0 Å². The molecule has 0 bridgehead atoms. The lowest BCUT2D eigenvalue weighted by atomic mass is 10.0. The molecule has 0 spiro atoms. The maximum Gasteiger partial charge on any atom is 0.126 e. The van der Waals surface area contributed by atoms with E-state index in [0.29, 0.717) is 12.1 Å². The first-order valence-electron chi connectivity index (χ1n) is 6.00. The van der Waals surface area contributed by atoms with E-state index in [1.807, 2.05) is 12.1 Å². The zero-order chi connectivity index (χ0) is 12.3. The molecule has 2 rings (SSSR count). The Balaban J connectivity index is 2.18. The van der Waals surface area contributed by atoms with Gasteiger partial charge in [-0.05, 0) is 24.1 Å². The van der Waals surface area contributed by atoms with E-state index in [4.69, 9.17) is 10.5 Å². The molecule has 2 N–H and O–H groups in total. The second-order valence-corrected chi connectivity index (χ2v) is 4.41. The van der Waals surface area contributed by atoms with Gasteiger partial charge in [0.2, 0.25) is 0 Å². The molecule has 1 fully saturated rings. The summed E-state index contributed by atoms with van der Waals surface area (Å²) in [5, 5.41) is 0. The summed E-state index contributed by atoms with van der Waals surface area (Å²) >= 11 is 0. The molecule has 0 aliphatic carbocycles. The average Bonchev–Trinajstić information content (AvgIpc) is 2.36. The molecule has 94 valence electrons. The van der Waals surface area contributed by atoms with E-state index in [1.54, 1.807) is 6.92 Å². The van der Waals surface area contributed by atoms with Gasteiger partial charge in [0.1, 0.15) is 5.82 Å². The third-order valence-corrected chi connectivity index (χ3v) is 3.28. The number of hydrogen-bond acceptors (Lipinski definition) is 3. The predicted molar refractivity (Wildman–Crippen MR) is 65.3 cm³/mol. The fraction of sp³-hybridized carbons (Fsp3) is 0.538. The number of benzene rings is 1. The van der Waals surface area contributed by atoms with E-state index < -0.39 is 0 Å². The fourth-order valence-electron chi connectivity index (χ4n) is 2.26. The molecule has 1 aliphatic rings. The van der Waals surface area contributed by atoms with Gasteiger partial charge in [-0.25, -0.2) is 4.39 Å². The smallest absolute Gasteiger partial charge is 0.126 e. The molecular weight excluding hydrogens is 219 g/mol. The molecule has 1 aromatic rings. The van der Waals surface area contributed by atoms with Crippen LogP contribution in [0.2, 0.25) is 0 Å². The van der Waals surface area contributed by atoms with E-state index in [2.05, 4.69) is 4.90 Å². The SMILES string of the molecule is Cc1cc(C(CN)N2CCOCC2)ccc1F. The number of ether oxygens (including phenoxy) is 1. The van der Waals surface area contributed by atoms with Crippen LogP contribution in [0.25, 0.3) is 0 Å². The Morgan fingerprint density at radius 1 is 1.41 bits per heavy atom. The third-order valence-electron chi connectivity index (χ3n) is 3.28. The Bertz CT molecular complexity index is 378. The lowest BCUT2D eigenvalue weighted by Crippen LogP contribution is -2.41. The molecule has 0 aromatic heterocycles. The zero-order valence-corrected chi connectivity index (χ0v) is 10.2. The van der Waals surface area contributed by atoms with Gasteiger partial charge in [-0.1, -0.05) is 12.1 Å². The number of morpholine rings is 1. The van der Waals surface area contributed by atoms with Crippen LogP contribution < -0.4 is 5.73 Å². The molecule has 1 atom stereocenters. The standard InChI is InChI=1S/C13H19FN2O/c1-10-8-11(2-3-12(10)14)13(9-15)16-4-6-17-7-5-16/h2-3,8,13H,4-7,9,15H2,1H3. The molecule has 1 aliphatic heterocycles. The van der Waals surface area contributed by atoms with Gasteiger partial charge in [0.15, 0.2) is 0 Å². The number of rotatable bonds is 3. The van der Waals surface area contributed by atoms with E-state index in [1.165, 1.54) is 6.07 Å². The van der Waals surface area contributed by atoms with Gasteiger partial charge in [-0.2, -0.15) is 0 Å². The van der Waals surface area contributed by atoms with Crippen LogP contribution in [0.4, 0.5) is 4.39 Å². The van der Waals surface area contributed by atoms with Crippen molar-refractivity contribution >= 4 is 0 Å². The van der Waals surface area contributed by atoms with Crippen molar-refractivity contribution in [1.82, 2.24) is 4.90 Å². The Morgan fingerprint density at radius 2 is 2.12 bits per heavy atom. The minimum Gasteiger partial charge on any atom is -0.379 e. The summed E-state index contributed by atoms with van der Waals surface area (Å²) < 4.78 is 18.6. The van der Waals surface area contributed by atoms with Gasteiger partial charge in [-0.3, -0.25) is 4.90 Å². The van der Waals surface area contributed by atoms with Crippen LogP contribution in [-0.2, 0) is 4.74 Å². The van der Waals surface area contributed by atoms with Crippen molar-refractivity contribution in [2.24, 2.45) is 5.73 Å². The lowest BCUT2D eigenvalue weighted by Gasteiger charge is -2.34. The van der Waals surface area contributed by atoms with Crippen LogP contribution in [0.1, 0.15) is 17.2 Å². The topological polar surface area (TPSA) is 38.5 Å². The van der Waals surface area contributed by atoms with Crippen molar-refractivity contribution in [2.45, 2.75) is 13.0 Å². The van der Waals surface area contributed by atoms with Crippen molar-refractivity contribution in [3.63, 3.8) is 0 Å². The predicted octanol–water partition coefficient (Wildman–Crippen LogP) is 1.47. The summed E-state index contributed by atoms with van der Waals surface area (Å²) in [7, 11) is 0. The minimum atomic E-state index is -0.161. The Kier molecular flexibility index (Phi) is 4.10. The van der Waals surface area contributed by atoms with Crippen LogP contribution in [0.15, 0.2) is 18.2 Å². The summed E-state index contributed by atoms with van der Waals surface area (Å²) in [4.78, 5) is 2.30. The van der Waals surface area contributed by atoms with Gasteiger partial charge in [0.05, 0.1) is 13.2 Å². The molecule has 1 unspecified atom stereocenters. The quantitative estimate of drug-likeness (QED) is 0.866. The van der Waals surface area contributed by atoms with E-state index >= 15 is 0 Å². The molecule has 0 radical (unpaired) electrons. The Labute approximate surface area is 101 Å².